The molecule has 36 heavy (non-hydrogen) atoms. The largest absolute Gasteiger partial charge is 0.505 e. The third-order valence-corrected chi connectivity index (χ3v) is 6.60. The van der Waals surface area contributed by atoms with E-state index in [1.54, 1.807) is 40.1 Å². The zero-order valence-electron chi connectivity index (χ0n) is 20.9. The average Bonchev–Trinajstić information content (AvgIpc) is 3.35. The fourth-order valence-electron chi connectivity index (χ4n) is 3.96. The summed E-state index contributed by atoms with van der Waals surface area (Å²) < 4.78 is 43.1. The molecule has 0 bridgehead atoms. The van der Waals surface area contributed by atoms with E-state index in [0.29, 0.717) is 17.0 Å². The molecule has 0 spiro atoms. The molecular formula is C23H28BN5O6S. The molecule has 0 fully saturated rings. The van der Waals surface area contributed by atoms with Crippen molar-refractivity contribution in [3.05, 3.63) is 41.5 Å². The Balaban J connectivity index is 1.68. The van der Waals surface area contributed by atoms with Crippen molar-refractivity contribution in [2.45, 2.75) is 26.8 Å². The van der Waals surface area contributed by atoms with Crippen LogP contribution in [0.25, 0.3) is 0 Å². The van der Waals surface area contributed by atoms with Crippen LogP contribution >= 0.6 is 0 Å². The van der Waals surface area contributed by atoms with Gasteiger partial charge in [-0.1, -0.05) is 38.4 Å². The summed E-state index contributed by atoms with van der Waals surface area (Å²) in [6.45, 7) is 6.12. The molecule has 4 rings (SSSR count). The van der Waals surface area contributed by atoms with Gasteiger partial charge in [0, 0.05) is 14.1 Å². The number of amides is 1. The van der Waals surface area contributed by atoms with Gasteiger partial charge in [-0.25, -0.2) is 0 Å². The summed E-state index contributed by atoms with van der Waals surface area (Å²) >= 11 is 0. The van der Waals surface area contributed by atoms with Gasteiger partial charge >= 0.3 is 10.2 Å². The van der Waals surface area contributed by atoms with Crippen molar-refractivity contribution in [1.82, 2.24) is 10.2 Å². The molecule has 0 saturated heterocycles. The number of aromatic hydroxyl groups is 1. The lowest BCUT2D eigenvalue weighted by Crippen LogP contribution is -2.41. The molecule has 2 aliphatic heterocycles. The number of amidine groups is 2. The maximum Gasteiger partial charge on any atom is 0.367 e. The van der Waals surface area contributed by atoms with Crippen LogP contribution in [0.2, 0.25) is 0 Å². The van der Waals surface area contributed by atoms with Gasteiger partial charge in [0.1, 0.15) is 7.85 Å². The Bertz CT molecular complexity index is 1400. The normalized spacial score (nSPS) is 16.7. The van der Waals surface area contributed by atoms with E-state index < -0.39 is 22.2 Å². The van der Waals surface area contributed by atoms with E-state index in [9.17, 15) is 18.3 Å². The number of nitrogens with zero attached hydrogens (tertiary/aromatic N) is 3. The first-order valence-corrected chi connectivity index (χ1v) is 12.6. The first kappa shape index (κ1) is 25.4. The molecule has 0 saturated carbocycles. The fraction of sp³-hybridized carbons (Fsp3) is 0.348. The van der Waals surface area contributed by atoms with Crippen molar-refractivity contribution in [1.29, 1.82) is 0 Å². The lowest BCUT2D eigenvalue weighted by atomic mass is 9.82. The minimum Gasteiger partial charge on any atom is -0.505 e. The number of fused-ring (bicyclic) bond motifs is 1. The molecule has 2 heterocycles. The van der Waals surface area contributed by atoms with Crippen molar-refractivity contribution in [2.75, 3.05) is 26.2 Å². The second kappa shape index (κ2) is 9.05. The number of anilines is 1. The molecular weight excluding hydrogens is 485 g/mol. The number of benzene rings is 2. The molecule has 0 aromatic heterocycles. The standard InChI is InChI=1S/C23H28BN5O6S/c1-23(2,3)19(12-6-9-15-16(10-12)35-11-34-15)26-21-20(27-36(32,33)28-21)25-14-8-7-13(24)17(18(14)30)22(31)29(4)5/h6-10,19,30H,11,24H2,1-5H3,(H,25,27)(H,26,28)/t19-/m0/s1. The van der Waals surface area contributed by atoms with E-state index in [2.05, 4.69) is 19.4 Å². The molecule has 1 atom stereocenters. The first-order valence-electron chi connectivity index (χ1n) is 11.2. The van der Waals surface area contributed by atoms with Gasteiger partial charge in [-0.15, -0.1) is 8.80 Å². The van der Waals surface area contributed by atoms with Gasteiger partial charge in [-0.3, -0.25) is 4.79 Å². The summed E-state index contributed by atoms with van der Waals surface area (Å²) in [6, 6.07) is 8.30. The highest BCUT2D eigenvalue weighted by Crippen LogP contribution is 2.39. The van der Waals surface area contributed by atoms with Crippen LogP contribution in [0.4, 0.5) is 5.69 Å². The Hall–Kier alpha value is -3.74. The number of phenolic OH excluding ortho intramolecular Hbond substituents is 1. The van der Waals surface area contributed by atoms with Crippen molar-refractivity contribution in [2.24, 2.45) is 14.2 Å². The third kappa shape index (κ3) is 4.96. The quantitative estimate of drug-likeness (QED) is 0.405. The number of carbonyl (C=O) groups excluding carboxylic acids is 1. The second-order valence-corrected chi connectivity index (χ2v) is 11.1. The predicted molar refractivity (Wildman–Crippen MR) is 140 cm³/mol. The molecule has 3 N–H and O–H groups in total. The summed E-state index contributed by atoms with van der Waals surface area (Å²) in [5.41, 5.74) is 1.23. The summed E-state index contributed by atoms with van der Waals surface area (Å²) in [5.74, 6) is 0.397. The lowest BCUT2D eigenvalue weighted by Gasteiger charge is -2.32. The van der Waals surface area contributed by atoms with E-state index in [4.69, 9.17) is 9.47 Å². The van der Waals surface area contributed by atoms with Crippen LogP contribution in [0.3, 0.4) is 0 Å². The highest BCUT2D eigenvalue weighted by atomic mass is 32.2. The SMILES string of the molecule is Bc1ccc(NC2=NS(=O)(=O)N=C2N[C@@H](c2ccc3c(c2)OCO3)C(C)(C)C)c(O)c1C(=O)N(C)C. The predicted octanol–water partition coefficient (Wildman–Crippen LogP) is 0.925. The molecule has 2 aliphatic rings. The lowest BCUT2D eigenvalue weighted by molar-refractivity contribution is 0.0826. The summed E-state index contributed by atoms with van der Waals surface area (Å²) in [7, 11) is 0.692. The Morgan fingerprint density at radius 3 is 2.44 bits per heavy atom. The summed E-state index contributed by atoms with van der Waals surface area (Å²) in [6.07, 6.45) is 0. The van der Waals surface area contributed by atoms with Crippen molar-refractivity contribution < 1.29 is 27.8 Å². The number of hydrogen-bond acceptors (Lipinski definition) is 8. The van der Waals surface area contributed by atoms with Crippen molar-refractivity contribution in [3.63, 3.8) is 0 Å². The topological polar surface area (TPSA) is 142 Å². The van der Waals surface area contributed by atoms with Crippen LogP contribution in [-0.2, 0) is 10.2 Å². The van der Waals surface area contributed by atoms with E-state index in [1.807, 2.05) is 32.9 Å². The molecule has 13 heteroatoms. The maximum atomic E-state index is 12.6. The van der Waals surface area contributed by atoms with Gasteiger partial charge in [0.15, 0.2) is 28.9 Å². The van der Waals surface area contributed by atoms with Crippen LogP contribution < -0.4 is 25.6 Å². The molecule has 190 valence electrons. The number of rotatable bonds is 4. The van der Waals surface area contributed by atoms with Gasteiger partial charge in [-0.2, -0.15) is 8.42 Å². The van der Waals surface area contributed by atoms with Gasteiger partial charge < -0.3 is 30.1 Å². The van der Waals surface area contributed by atoms with E-state index >= 15 is 0 Å². The Morgan fingerprint density at radius 2 is 1.78 bits per heavy atom. The van der Waals surface area contributed by atoms with Crippen LogP contribution in [-0.4, -0.2) is 64.7 Å². The fourth-order valence-corrected chi connectivity index (χ4v) is 4.73. The zero-order valence-corrected chi connectivity index (χ0v) is 21.7. The molecule has 0 unspecified atom stereocenters. The molecule has 0 aliphatic carbocycles. The average molecular weight is 513 g/mol. The van der Waals surface area contributed by atoms with Gasteiger partial charge in [0.05, 0.1) is 17.3 Å². The summed E-state index contributed by atoms with van der Waals surface area (Å²) in [4.78, 5) is 13.9. The highest BCUT2D eigenvalue weighted by Gasteiger charge is 2.34. The van der Waals surface area contributed by atoms with Crippen molar-refractivity contribution >= 4 is 46.8 Å². The molecule has 2 aromatic carbocycles. The number of nitrogens with one attached hydrogen (secondary N) is 2. The zero-order chi connectivity index (χ0) is 26.4. The van der Waals surface area contributed by atoms with Crippen LogP contribution in [0.15, 0.2) is 39.1 Å². The summed E-state index contributed by atoms with van der Waals surface area (Å²) in [5, 5.41) is 16.9. The van der Waals surface area contributed by atoms with Gasteiger partial charge in [-0.05, 0) is 29.2 Å². The number of hydrogen-bond donors (Lipinski definition) is 3. The van der Waals surface area contributed by atoms with Gasteiger partial charge in [0.25, 0.3) is 5.91 Å². The molecule has 0 radical (unpaired) electrons. The molecule has 2 aromatic rings. The van der Waals surface area contributed by atoms with E-state index in [-0.39, 0.29) is 40.9 Å². The molecule has 11 nitrogen and oxygen atoms in total. The first-order chi connectivity index (χ1) is 16.8. The van der Waals surface area contributed by atoms with E-state index in [0.717, 1.165) is 5.56 Å². The monoisotopic (exact) mass is 513 g/mol. The van der Waals surface area contributed by atoms with Crippen LogP contribution in [0.1, 0.15) is 42.7 Å². The number of phenols is 1. The number of carbonyl (C=O) groups is 1. The van der Waals surface area contributed by atoms with Gasteiger partial charge in [0.2, 0.25) is 6.79 Å². The Kier molecular flexibility index (Phi) is 6.37. The van der Waals surface area contributed by atoms with E-state index in [1.165, 1.54) is 4.90 Å². The van der Waals surface area contributed by atoms with Crippen molar-refractivity contribution in [3.8, 4) is 17.2 Å². The van der Waals surface area contributed by atoms with Crippen LogP contribution in [0.5, 0.6) is 17.2 Å². The number of ether oxygens (including phenoxy) is 2. The van der Waals surface area contributed by atoms with Crippen LogP contribution in [0, 0.1) is 5.41 Å². The second-order valence-electron chi connectivity index (χ2n) is 9.86. The smallest absolute Gasteiger partial charge is 0.367 e. The minimum atomic E-state index is -4.16. The Morgan fingerprint density at radius 1 is 1.11 bits per heavy atom. The molecule has 1 amide bonds. The Labute approximate surface area is 210 Å². The maximum absolute atomic E-state index is 12.6. The minimum absolute atomic E-state index is 0.0203. The third-order valence-electron chi connectivity index (χ3n) is 5.77. The highest BCUT2D eigenvalue weighted by molar-refractivity contribution is 7.89.